The van der Waals surface area contributed by atoms with Crippen LogP contribution in [0.2, 0.25) is 0 Å². The van der Waals surface area contributed by atoms with Gasteiger partial charge in [0.1, 0.15) is 0 Å². The van der Waals surface area contributed by atoms with Gasteiger partial charge in [0.15, 0.2) is 0 Å². The maximum absolute atomic E-state index is 10.9. The topological polar surface area (TPSA) is 49.3 Å². The third-order valence-electron chi connectivity index (χ3n) is 2.94. The first kappa shape index (κ1) is 16.5. The van der Waals surface area contributed by atoms with Crippen LogP contribution in [0.25, 0.3) is 0 Å². The van der Waals surface area contributed by atoms with Gasteiger partial charge in [0, 0.05) is 20.0 Å². The second-order valence-electron chi connectivity index (χ2n) is 4.57. The number of benzene rings is 2. The molecule has 0 aromatic heterocycles. The first-order valence-electron chi connectivity index (χ1n) is 6.09. The second-order valence-corrected chi connectivity index (χ2v) is 7.13. The number of carboxylic acid groups (broad SMARTS) is 1. The molecule has 0 atom stereocenters. The van der Waals surface area contributed by atoms with Crippen molar-refractivity contribution >= 4 is 59.4 Å². The lowest BCUT2D eigenvalue weighted by Gasteiger charge is -2.13. The minimum Gasteiger partial charge on any atom is -0.478 e. The number of halogens is 3. The fourth-order valence-corrected chi connectivity index (χ4v) is 4.09. The summed E-state index contributed by atoms with van der Waals surface area (Å²) < 4.78 is 2.73. The molecule has 0 aliphatic heterocycles. The molecular weight excluding hydrogens is 466 g/mol. The van der Waals surface area contributed by atoms with Crippen LogP contribution in [0.4, 0.5) is 5.69 Å². The number of hydrogen-bond donors (Lipinski definition) is 2. The molecule has 0 aliphatic rings. The maximum atomic E-state index is 10.9. The molecule has 0 radical (unpaired) electrons. The molecule has 2 rings (SSSR count). The summed E-state index contributed by atoms with van der Waals surface area (Å²) in [4.78, 5) is 10.9. The Morgan fingerprint density at radius 1 is 1.10 bits per heavy atom. The molecule has 0 heterocycles. The molecule has 2 aromatic rings. The number of anilines is 1. The van der Waals surface area contributed by atoms with Gasteiger partial charge in [-0.05, 0) is 74.2 Å². The molecule has 0 bridgehead atoms. The van der Waals surface area contributed by atoms with E-state index in [2.05, 4.69) is 53.1 Å². The minimum absolute atomic E-state index is 0.267. The molecule has 110 valence electrons. The molecule has 2 aromatic carbocycles. The van der Waals surface area contributed by atoms with Gasteiger partial charge in [0.05, 0.1) is 11.3 Å². The monoisotopic (exact) mass is 475 g/mol. The van der Waals surface area contributed by atoms with E-state index in [-0.39, 0.29) is 5.56 Å². The predicted octanol–water partition coefficient (Wildman–Crippen LogP) is 5.59. The van der Waals surface area contributed by atoms with Gasteiger partial charge in [0.2, 0.25) is 0 Å². The van der Waals surface area contributed by atoms with E-state index in [9.17, 15) is 4.79 Å². The molecule has 0 spiro atoms. The van der Waals surface area contributed by atoms with Crippen LogP contribution in [0.3, 0.4) is 0 Å². The normalized spacial score (nSPS) is 10.5. The lowest BCUT2D eigenvalue weighted by molar-refractivity contribution is 0.0697. The number of hydrogen-bond acceptors (Lipinski definition) is 2. The Morgan fingerprint density at radius 2 is 1.71 bits per heavy atom. The Hall–Kier alpha value is -0.850. The average Bonchev–Trinajstić information content (AvgIpc) is 2.38. The van der Waals surface area contributed by atoms with E-state index >= 15 is 0 Å². The van der Waals surface area contributed by atoms with Crippen molar-refractivity contribution in [1.29, 1.82) is 0 Å². The number of nitrogens with one attached hydrogen (secondary N) is 1. The first-order valence-corrected chi connectivity index (χ1v) is 8.47. The van der Waals surface area contributed by atoms with Crippen molar-refractivity contribution in [1.82, 2.24) is 0 Å². The van der Waals surface area contributed by atoms with Crippen molar-refractivity contribution in [2.24, 2.45) is 0 Å². The largest absolute Gasteiger partial charge is 0.478 e. The highest BCUT2D eigenvalue weighted by Gasteiger charge is 2.09. The van der Waals surface area contributed by atoms with Crippen LogP contribution in [-0.2, 0) is 6.54 Å². The summed E-state index contributed by atoms with van der Waals surface area (Å²) in [6, 6.07) is 9.09. The van der Waals surface area contributed by atoms with Crippen molar-refractivity contribution in [2.75, 3.05) is 5.32 Å². The van der Waals surface area contributed by atoms with Gasteiger partial charge in [-0.25, -0.2) is 4.79 Å². The molecular formula is C15H12Br3NO2. The summed E-state index contributed by atoms with van der Waals surface area (Å²) >= 11 is 10.5. The number of carboxylic acids is 1. The molecule has 0 saturated heterocycles. The molecule has 0 fully saturated rings. The second kappa shape index (κ2) is 6.94. The Morgan fingerprint density at radius 3 is 2.24 bits per heavy atom. The van der Waals surface area contributed by atoms with Crippen LogP contribution in [0.5, 0.6) is 0 Å². The lowest BCUT2D eigenvalue weighted by atomic mass is 10.1. The summed E-state index contributed by atoms with van der Waals surface area (Å²) in [5.41, 5.74) is 3.38. The van der Waals surface area contributed by atoms with E-state index in [1.165, 1.54) is 0 Å². The number of carbonyl (C=O) groups is 1. The third kappa shape index (κ3) is 4.08. The van der Waals surface area contributed by atoms with Gasteiger partial charge in [-0.15, -0.1) is 0 Å². The van der Waals surface area contributed by atoms with Crippen molar-refractivity contribution in [3.63, 3.8) is 0 Å². The molecule has 3 nitrogen and oxygen atoms in total. The molecule has 21 heavy (non-hydrogen) atoms. The fourth-order valence-electron chi connectivity index (χ4n) is 1.88. The standard InChI is InChI=1S/C15H12Br3NO2/c1-8-4-12(17)14(13(18)5-8)19-7-10-3-2-9(15(20)21)6-11(10)16/h2-6,19H,7H2,1H3,(H,20,21). The van der Waals surface area contributed by atoms with Crippen molar-refractivity contribution in [3.8, 4) is 0 Å². The van der Waals surface area contributed by atoms with Gasteiger partial charge in [-0.2, -0.15) is 0 Å². The van der Waals surface area contributed by atoms with Crippen LogP contribution < -0.4 is 5.32 Å². The quantitative estimate of drug-likeness (QED) is 0.603. The van der Waals surface area contributed by atoms with E-state index in [1.807, 2.05) is 19.1 Å². The van der Waals surface area contributed by atoms with Gasteiger partial charge in [-0.3, -0.25) is 0 Å². The van der Waals surface area contributed by atoms with E-state index in [0.717, 1.165) is 30.2 Å². The Labute approximate surface area is 148 Å². The zero-order chi connectivity index (χ0) is 15.6. The Kier molecular flexibility index (Phi) is 5.46. The highest BCUT2D eigenvalue weighted by atomic mass is 79.9. The van der Waals surface area contributed by atoms with Crippen molar-refractivity contribution in [3.05, 3.63) is 60.4 Å². The molecule has 0 saturated carbocycles. The van der Waals surface area contributed by atoms with E-state index in [4.69, 9.17) is 5.11 Å². The number of rotatable bonds is 4. The Bertz CT molecular complexity index is 678. The number of aromatic carboxylic acids is 1. The fraction of sp³-hybridized carbons (Fsp3) is 0.133. The third-order valence-corrected chi connectivity index (χ3v) is 4.93. The van der Waals surface area contributed by atoms with Crippen molar-refractivity contribution in [2.45, 2.75) is 13.5 Å². The average molecular weight is 478 g/mol. The highest BCUT2D eigenvalue weighted by molar-refractivity contribution is 9.11. The van der Waals surface area contributed by atoms with Gasteiger partial charge < -0.3 is 10.4 Å². The lowest BCUT2D eigenvalue weighted by Crippen LogP contribution is -2.03. The smallest absolute Gasteiger partial charge is 0.335 e. The minimum atomic E-state index is -0.931. The van der Waals surface area contributed by atoms with Crippen LogP contribution >= 0.6 is 47.8 Å². The summed E-state index contributed by atoms with van der Waals surface area (Å²) in [5.74, 6) is -0.931. The first-order chi connectivity index (χ1) is 9.88. The van der Waals surface area contributed by atoms with Crippen LogP contribution in [0.15, 0.2) is 43.7 Å². The summed E-state index contributed by atoms with van der Waals surface area (Å²) in [6.45, 7) is 2.61. The van der Waals surface area contributed by atoms with Gasteiger partial charge >= 0.3 is 5.97 Å². The molecule has 0 aliphatic carbocycles. The maximum Gasteiger partial charge on any atom is 0.335 e. The highest BCUT2D eigenvalue weighted by Crippen LogP contribution is 2.33. The van der Waals surface area contributed by atoms with Gasteiger partial charge in [0.25, 0.3) is 0 Å². The SMILES string of the molecule is Cc1cc(Br)c(NCc2ccc(C(=O)O)cc2Br)c(Br)c1. The summed E-state index contributed by atoms with van der Waals surface area (Å²) in [7, 11) is 0. The molecule has 0 unspecified atom stereocenters. The zero-order valence-corrected chi connectivity index (χ0v) is 15.8. The predicted molar refractivity (Wildman–Crippen MR) is 95.0 cm³/mol. The van der Waals surface area contributed by atoms with Crippen molar-refractivity contribution < 1.29 is 9.90 Å². The summed E-state index contributed by atoms with van der Waals surface area (Å²) in [6.07, 6.45) is 0. The number of aryl methyl sites for hydroxylation is 1. The van der Waals surface area contributed by atoms with Crippen LogP contribution in [0, 0.1) is 6.92 Å². The van der Waals surface area contributed by atoms with E-state index in [1.54, 1.807) is 18.2 Å². The molecule has 2 N–H and O–H groups in total. The molecule has 0 amide bonds. The van der Waals surface area contributed by atoms with Crippen LogP contribution in [-0.4, -0.2) is 11.1 Å². The van der Waals surface area contributed by atoms with E-state index in [0.29, 0.717) is 6.54 Å². The molecule has 6 heteroatoms. The zero-order valence-electron chi connectivity index (χ0n) is 11.1. The van der Waals surface area contributed by atoms with Crippen LogP contribution in [0.1, 0.15) is 21.5 Å². The Balaban J connectivity index is 2.19. The van der Waals surface area contributed by atoms with Gasteiger partial charge in [-0.1, -0.05) is 22.0 Å². The van der Waals surface area contributed by atoms with E-state index < -0.39 is 5.97 Å². The summed E-state index contributed by atoms with van der Waals surface area (Å²) in [5, 5.41) is 12.3.